The van der Waals surface area contributed by atoms with E-state index in [1.165, 1.54) is 15.4 Å². The molecule has 2 nitrogen and oxygen atoms in total. The molecule has 3 aromatic rings. The highest BCUT2D eigenvalue weighted by Crippen LogP contribution is 2.45. The van der Waals surface area contributed by atoms with Crippen LogP contribution in [0.3, 0.4) is 0 Å². The molecule has 2 N–H and O–H groups in total. The van der Waals surface area contributed by atoms with E-state index >= 15 is 0 Å². The molecule has 0 amide bonds. The van der Waals surface area contributed by atoms with Gasteiger partial charge in [-0.3, -0.25) is 0 Å². The SMILES string of the molecule is CC(c1cccc(O)c1)c1ccc2c(c1)Nc1ccccc1S2. The highest BCUT2D eigenvalue weighted by atomic mass is 32.2. The van der Waals surface area contributed by atoms with E-state index in [9.17, 15) is 5.11 Å². The number of aromatic hydroxyl groups is 1. The molecule has 0 fully saturated rings. The van der Waals surface area contributed by atoms with Gasteiger partial charge in [-0.15, -0.1) is 0 Å². The zero-order valence-electron chi connectivity index (χ0n) is 12.8. The lowest BCUT2D eigenvalue weighted by Crippen LogP contribution is -2.02. The number of phenolic OH excluding ortho intramolecular Hbond substituents is 1. The number of fused-ring (bicyclic) bond motifs is 2. The average molecular weight is 319 g/mol. The van der Waals surface area contributed by atoms with Gasteiger partial charge in [0.15, 0.2) is 0 Å². The Labute approximate surface area is 140 Å². The summed E-state index contributed by atoms with van der Waals surface area (Å²) in [6.45, 7) is 2.17. The Bertz CT molecular complexity index is 875. The summed E-state index contributed by atoms with van der Waals surface area (Å²) in [6, 6.07) is 22.4. The Morgan fingerprint density at radius 2 is 1.61 bits per heavy atom. The molecule has 1 heterocycles. The zero-order valence-corrected chi connectivity index (χ0v) is 13.6. The number of anilines is 2. The van der Waals surface area contributed by atoms with Crippen molar-refractivity contribution >= 4 is 23.1 Å². The lowest BCUT2D eigenvalue weighted by atomic mass is 9.92. The van der Waals surface area contributed by atoms with Crippen LogP contribution in [-0.4, -0.2) is 5.11 Å². The lowest BCUT2D eigenvalue weighted by Gasteiger charge is -2.22. The summed E-state index contributed by atoms with van der Waals surface area (Å²) in [7, 11) is 0. The Morgan fingerprint density at radius 1 is 0.826 bits per heavy atom. The van der Waals surface area contributed by atoms with Crippen LogP contribution in [0.4, 0.5) is 11.4 Å². The van der Waals surface area contributed by atoms with Crippen molar-refractivity contribution in [3.05, 3.63) is 77.9 Å². The van der Waals surface area contributed by atoms with Crippen LogP contribution in [0, 0.1) is 0 Å². The number of rotatable bonds is 2. The molecule has 0 saturated heterocycles. The zero-order chi connectivity index (χ0) is 15.8. The molecule has 0 spiro atoms. The van der Waals surface area contributed by atoms with Gasteiger partial charge in [0.2, 0.25) is 0 Å². The van der Waals surface area contributed by atoms with Crippen molar-refractivity contribution in [3.63, 3.8) is 0 Å². The molecule has 4 rings (SSSR count). The summed E-state index contributed by atoms with van der Waals surface area (Å²) in [4.78, 5) is 2.50. The first kappa shape index (κ1) is 14.2. The fourth-order valence-electron chi connectivity index (χ4n) is 2.91. The minimum atomic E-state index is 0.233. The second-order valence-electron chi connectivity index (χ2n) is 5.80. The Morgan fingerprint density at radius 3 is 2.48 bits per heavy atom. The van der Waals surface area contributed by atoms with Crippen LogP contribution in [0.5, 0.6) is 5.75 Å². The molecule has 3 aromatic carbocycles. The van der Waals surface area contributed by atoms with Crippen LogP contribution >= 0.6 is 11.8 Å². The fraction of sp³-hybridized carbons (Fsp3) is 0.100. The summed E-state index contributed by atoms with van der Waals surface area (Å²) in [5.74, 6) is 0.547. The van der Waals surface area contributed by atoms with Crippen molar-refractivity contribution in [2.45, 2.75) is 22.6 Å². The van der Waals surface area contributed by atoms with Crippen LogP contribution in [0.15, 0.2) is 76.5 Å². The Kier molecular flexibility index (Phi) is 3.50. The minimum Gasteiger partial charge on any atom is -0.508 e. The quantitative estimate of drug-likeness (QED) is 0.493. The van der Waals surface area contributed by atoms with E-state index in [2.05, 4.69) is 60.8 Å². The highest BCUT2D eigenvalue weighted by Gasteiger charge is 2.17. The Hall–Kier alpha value is -2.39. The largest absolute Gasteiger partial charge is 0.508 e. The van der Waals surface area contributed by atoms with E-state index < -0.39 is 0 Å². The van der Waals surface area contributed by atoms with E-state index in [-0.39, 0.29) is 5.92 Å². The molecule has 1 unspecified atom stereocenters. The van der Waals surface area contributed by atoms with Gasteiger partial charge in [-0.05, 0) is 47.5 Å². The maximum absolute atomic E-state index is 9.69. The minimum absolute atomic E-state index is 0.233. The number of hydrogen-bond acceptors (Lipinski definition) is 3. The fourth-order valence-corrected chi connectivity index (χ4v) is 3.88. The van der Waals surface area contributed by atoms with Gasteiger partial charge in [-0.25, -0.2) is 0 Å². The third-order valence-electron chi connectivity index (χ3n) is 4.25. The van der Waals surface area contributed by atoms with Crippen LogP contribution < -0.4 is 5.32 Å². The number of benzene rings is 3. The average Bonchev–Trinajstić information content (AvgIpc) is 2.59. The molecule has 3 heteroatoms. The predicted octanol–water partition coefficient (Wildman–Crippen LogP) is 5.75. The molecule has 0 saturated carbocycles. The van der Waals surface area contributed by atoms with Gasteiger partial charge in [0, 0.05) is 15.7 Å². The van der Waals surface area contributed by atoms with E-state index in [4.69, 9.17) is 0 Å². The summed E-state index contributed by atoms with van der Waals surface area (Å²) >= 11 is 1.80. The smallest absolute Gasteiger partial charge is 0.115 e. The van der Waals surface area contributed by atoms with Crippen molar-refractivity contribution in [2.24, 2.45) is 0 Å². The number of nitrogens with one attached hydrogen (secondary N) is 1. The lowest BCUT2D eigenvalue weighted by molar-refractivity contribution is 0.474. The van der Waals surface area contributed by atoms with Crippen molar-refractivity contribution in [3.8, 4) is 5.75 Å². The molecule has 0 aliphatic carbocycles. The first-order valence-electron chi connectivity index (χ1n) is 7.67. The van der Waals surface area contributed by atoms with Gasteiger partial charge in [0.1, 0.15) is 5.75 Å². The monoisotopic (exact) mass is 319 g/mol. The molecule has 1 aliphatic rings. The molecule has 114 valence electrons. The van der Waals surface area contributed by atoms with E-state index in [0.29, 0.717) is 5.75 Å². The normalized spacial score (nSPS) is 13.6. The first-order chi connectivity index (χ1) is 11.2. The number of para-hydroxylation sites is 1. The summed E-state index contributed by atoms with van der Waals surface area (Å²) < 4.78 is 0. The van der Waals surface area contributed by atoms with Gasteiger partial charge >= 0.3 is 0 Å². The Balaban J connectivity index is 1.68. The summed E-state index contributed by atoms with van der Waals surface area (Å²) in [5.41, 5.74) is 4.67. The topological polar surface area (TPSA) is 32.3 Å². The first-order valence-corrected chi connectivity index (χ1v) is 8.49. The van der Waals surface area contributed by atoms with Crippen LogP contribution in [0.1, 0.15) is 24.0 Å². The molecule has 0 radical (unpaired) electrons. The second-order valence-corrected chi connectivity index (χ2v) is 6.88. The van der Waals surface area contributed by atoms with Gasteiger partial charge in [0.05, 0.1) is 11.4 Å². The molecular weight excluding hydrogens is 302 g/mol. The van der Waals surface area contributed by atoms with Gasteiger partial charge in [-0.2, -0.15) is 0 Å². The summed E-state index contributed by atoms with van der Waals surface area (Å²) in [5, 5.41) is 13.2. The van der Waals surface area contributed by atoms with Crippen LogP contribution in [0.25, 0.3) is 0 Å². The second kappa shape index (κ2) is 5.67. The molecule has 0 aromatic heterocycles. The maximum Gasteiger partial charge on any atom is 0.115 e. The van der Waals surface area contributed by atoms with Crippen molar-refractivity contribution in [1.82, 2.24) is 0 Å². The number of hydrogen-bond donors (Lipinski definition) is 2. The molecule has 23 heavy (non-hydrogen) atoms. The summed E-state index contributed by atoms with van der Waals surface area (Å²) in [6.07, 6.45) is 0. The van der Waals surface area contributed by atoms with Gasteiger partial charge < -0.3 is 10.4 Å². The third kappa shape index (κ3) is 2.68. The standard InChI is InChI=1S/C20H17NOS/c1-13(14-5-4-6-16(22)11-14)15-9-10-20-18(12-15)21-17-7-2-3-8-19(17)23-20/h2-13,21-22H,1H3. The maximum atomic E-state index is 9.69. The van der Waals surface area contributed by atoms with Gasteiger partial charge in [0.25, 0.3) is 0 Å². The third-order valence-corrected chi connectivity index (χ3v) is 5.40. The molecule has 1 aliphatic heterocycles. The van der Waals surface area contributed by atoms with Gasteiger partial charge in [-0.1, -0.05) is 49.0 Å². The van der Waals surface area contributed by atoms with E-state index in [1.807, 2.05) is 12.1 Å². The van der Waals surface area contributed by atoms with Crippen molar-refractivity contribution in [2.75, 3.05) is 5.32 Å². The van der Waals surface area contributed by atoms with Crippen LogP contribution in [0.2, 0.25) is 0 Å². The molecule has 1 atom stereocenters. The van der Waals surface area contributed by atoms with E-state index in [1.54, 1.807) is 17.8 Å². The predicted molar refractivity (Wildman–Crippen MR) is 95.9 cm³/mol. The highest BCUT2D eigenvalue weighted by molar-refractivity contribution is 7.99. The van der Waals surface area contributed by atoms with E-state index in [0.717, 1.165) is 16.9 Å². The number of phenols is 1. The van der Waals surface area contributed by atoms with Crippen molar-refractivity contribution in [1.29, 1.82) is 0 Å². The van der Waals surface area contributed by atoms with Crippen LogP contribution in [-0.2, 0) is 0 Å². The molecule has 0 bridgehead atoms. The van der Waals surface area contributed by atoms with Crippen molar-refractivity contribution < 1.29 is 5.11 Å². The molecular formula is C20H17NOS.